The summed E-state index contributed by atoms with van der Waals surface area (Å²) < 4.78 is 20.4. The maximum atomic E-state index is 13.3. The number of hydrogen-bond donors (Lipinski definition) is 1. The fourth-order valence-electron chi connectivity index (χ4n) is 4.61. The highest BCUT2D eigenvalue weighted by atomic mass is 19.1. The summed E-state index contributed by atoms with van der Waals surface area (Å²) >= 11 is 0. The lowest BCUT2D eigenvalue weighted by atomic mass is 10.1. The normalized spacial score (nSPS) is 17.7. The number of benzene rings is 3. The van der Waals surface area contributed by atoms with Crippen molar-refractivity contribution in [3.63, 3.8) is 0 Å². The second-order valence-electron chi connectivity index (χ2n) is 8.53. The summed E-state index contributed by atoms with van der Waals surface area (Å²) in [7, 11) is 0. The number of rotatable bonds is 6. The van der Waals surface area contributed by atoms with E-state index in [2.05, 4.69) is 10.4 Å². The van der Waals surface area contributed by atoms with Crippen LogP contribution in [0.15, 0.2) is 79.0 Å². The first-order chi connectivity index (χ1) is 17.0. The van der Waals surface area contributed by atoms with E-state index >= 15 is 0 Å². The Hall–Kier alpha value is -4.20. The average Bonchev–Trinajstić information content (AvgIpc) is 3.43. The van der Waals surface area contributed by atoms with Gasteiger partial charge in [-0.25, -0.2) is 13.9 Å². The van der Waals surface area contributed by atoms with Crippen LogP contribution in [-0.2, 0) is 16.1 Å². The molecule has 2 heterocycles. The number of hydrogen-bond acceptors (Lipinski definition) is 4. The molecule has 35 heavy (non-hydrogen) atoms. The van der Waals surface area contributed by atoms with E-state index in [0.29, 0.717) is 6.42 Å². The fourth-order valence-corrected chi connectivity index (χ4v) is 4.61. The highest BCUT2D eigenvalue weighted by Gasteiger charge is 2.40. The van der Waals surface area contributed by atoms with E-state index in [9.17, 15) is 14.0 Å². The maximum absolute atomic E-state index is 13.3. The second kappa shape index (κ2) is 9.58. The summed E-state index contributed by atoms with van der Waals surface area (Å²) in [4.78, 5) is 27.2. The SMILES string of the molecule is CC[C@H]1[C@H](NC(=O)OCc2ccccc2)CC(=O)N1c1ccc2c(cnn2-c2ccc(F)cc2)c1. The number of alkyl carbamates (subject to hydrolysis) is 1. The molecule has 2 amide bonds. The molecule has 1 aliphatic rings. The number of nitrogens with zero attached hydrogens (tertiary/aromatic N) is 3. The molecule has 5 rings (SSSR count). The van der Waals surface area contributed by atoms with Gasteiger partial charge in [0, 0.05) is 17.5 Å². The Morgan fingerprint density at radius 3 is 2.57 bits per heavy atom. The van der Waals surface area contributed by atoms with Gasteiger partial charge in [-0.15, -0.1) is 0 Å². The predicted octanol–water partition coefficient (Wildman–Crippen LogP) is 4.97. The lowest BCUT2D eigenvalue weighted by Gasteiger charge is -2.27. The Bertz CT molecular complexity index is 1350. The first-order valence-corrected chi connectivity index (χ1v) is 11.6. The Morgan fingerprint density at radius 2 is 1.83 bits per heavy atom. The highest BCUT2D eigenvalue weighted by molar-refractivity contribution is 5.99. The lowest BCUT2D eigenvalue weighted by molar-refractivity contribution is -0.117. The summed E-state index contributed by atoms with van der Waals surface area (Å²) in [5, 5.41) is 8.17. The molecule has 0 unspecified atom stereocenters. The predicted molar refractivity (Wildman–Crippen MR) is 131 cm³/mol. The number of carbonyl (C=O) groups excluding carboxylic acids is 2. The zero-order valence-corrected chi connectivity index (χ0v) is 19.2. The van der Waals surface area contributed by atoms with Gasteiger partial charge in [-0.2, -0.15) is 5.10 Å². The molecular formula is C27H25FN4O3. The van der Waals surface area contributed by atoms with Crippen molar-refractivity contribution in [1.82, 2.24) is 15.1 Å². The van der Waals surface area contributed by atoms with Crippen molar-refractivity contribution in [3.05, 3.63) is 90.4 Å². The number of halogens is 1. The van der Waals surface area contributed by atoms with Crippen molar-refractivity contribution in [2.75, 3.05) is 4.90 Å². The largest absolute Gasteiger partial charge is 0.445 e. The maximum Gasteiger partial charge on any atom is 0.407 e. The standard InChI is InChI=1S/C27H25FN4O3/c1-2-24-23(30-27(34)35-17-18-6-4-3-5-7-18)15-26(33)31(24)22-12-13-25-19(14-22)16-29-32(25)21-10-8-20(28)9-11-21/h3-14,16,23-24H,2,15,17H2,1H3,(H,30,34)/t23-,24+/m1/s1. The molecule has 1 saturated heterocycles. The minimum Gasteiger partial charge on any atom is -0.445 e. The van der Waals surface area contributed by atoms with E-state index in [1.165, 1.54) is 12.1 Å². The van der Waals surface area contributed by atoms with Gasteiger partial charge < -0.3 is 15.0 Å². The molecule has 1 N–H and O–H groups in total. The monoisotopic (exact) mass is 472 g/mol. The summed E-state index contributed by atoms with van der Waals surface area (Å²) in [6.45, 7) is 2.16. The quantitative estimate of drug-likeness (QED) is 0.430. The number of anilines is 1. The first-order valence-electron chi connectivity index (χ1n) is 11.6. The van der Waals surface area contributed by atoms with Crippen LogP contribution in [0, 0.1) is 5.82 Å². The van der Waals surface area contributed by atoms with Crippen molar-refractivity contribution < 1.29 is 18.7 Å². The van der Waals surface area contributed by atoms with Crippen LogP contribution >= 0.6 is 0 Å². The third-order valence-electron chi connectivity index (χ3n) is 6.29. The van der Waals surface area contributed by atoms with Gasteiger partial charge in [-0.05, 0) is 54.4 Å². The molecule has 0 bridgehead atoms. The van der Waals surface area contributed by atoms with Crippen LogP contribution in [0.5, 0.6) is 0 Å². The van der Waals surface area contributed by atoms with E-state index < -0.39 is 6.09 Å². The number of ether oxygens (including phenoxy) is 1. The van der Waals surface area contributed by atoms with Crippen molar-refractivity contribution in [2.45, 2.75) is 38.5 Å². The molecule has 1 aromatic heterocycles. The van der Waals surface area contributed by atoms with Crippen LogP contribution < -0.4 is 10.2 Å². The molecule has 4 aromatic rings. The van der Waals surface area contributed by atoms with Crippen molar-refractivity contribution >= 4 is 28.6 Å². The van der Waals surface area contributed by atoms with E-state index in [0.717, 1.165) is 27.8 Å². The molecule has 8 heteroatoms. The van der Waals surface area contributed by atoms with Gasteiger partial charge in [0.05, 0.1) is 29.5 Å². The second-order valence-corrected chi connectivity index (χ2v) is 8.53. The minimum atomic E-state index is -0.539. The van der Waals surface area contributed by atoms with Crippen LogP contribution in [-0.4, -0.2) is 33.9 Å². The van der Waals surface area contributed by atoms with Crippen molar-refractivity contribution in [2.24, 2.45) is 0 Å². The molecule has 0 saturated carbocycles. The number of carbonyl (C=O) groups is 2. The van der Waals surface area contributed by atoms with Gasteiger partial charge in [0.25, 0.3) is 0 Å². The van der Waals surface area contributed by atoms with E-state index in [-0.39, 0.29) is 36.8 Å². The topological polar surface area (TPSA) is 76.5 Å². The van der Waals surface area contributed by atoms with E-state index in [1.54, 1.807) is 27.9 Å². The van der Waals surface area contributed by atoms with Crippen LogP contribution in [0.1, 0.15) is 25.3 Å². The zero-order chi connectivity index (χ0) is 24.4. The van der Waals surface area contributed by atoms with Crippen LogP contribution in [0.3, 0.4) is 0 Å². The van der Waals surface area contributed by atoms with Crippen LogP contribution in [0.2, 0.25) is 0 Å². The zero-order valence-electron chi connectivity index (χ0n) is 19.2. The number of amides is 2. The Morgan fingerprint density at radius 1 is 1.09 bits per heavy atom. The van der Waals surface area contributed by atoms with Crippen LogP contribution in [0.25, 0.3) is 16.6 Å². The van der Waals surface area contributed by atoms with E-state index in [1.807, 2.05) is 55.5 Å². The first kappa shape index (κ1) is 22.6. The molecule has 2 atom stereocenters. The lowest BCUT2D eigenvalue weighted by Crippen LogP contribution is -2.45. The third-order valence-corrected chi connectivity index (χ3v) is 6.29. The van der Waals surface area contributed by atoms with Gasteiger partial charge in [0.2, 0.25) is 5.91 Å². The minimum absolute atomic E-state index is 0.0597. The molecule has 3 aromatic carbocycles. The molecule has 178 valence electrons. The summed E-state index contributed by atoms with van der Waals surface area (Å²) in [5.74, 6) is -0.367. The average molecular weight is 473 g/mol. The van der Waals surface area contributed by atoms with Crippen LogP contribution in [0.4, 0.5) is 14.9 Å². The van der Waals surface area contributed by atoms with Gasteiger partial charge in [0.15, 0.2) is 0 Å². The Labute approximate surface area is 202 Å². The van der Waals surface area contributed by atoms with Gasteiger partial charge in [0.1, 0.15) is 12.4 Å². The van der Waals surface area contributed by atoms with Crippen molar-refractivity contribution in [3.8, 4) is 5.69 Å². The summed E-state index contributed by atoms with van der Waals surface area (Å²) in [5.41, 5.74) is 3.23. The molecule has 0 radical (unpaired) electrons. The molecule has 1 aliphatic heterocycles. The van der Waals surface area contributed by atoms with Gasteiger partial charge in [-0.1, -0.05) is 37.3 Å². The Kier molecular flexibility index (Phi) is 6.18. The van der Waals surface area contributed by atoms with Gasteiger partial charge in [-0.3, -0.25) is 4.79 Å². The third kappa shape index (κ3) is 4.59. The van der Waals surface area contributed by atoms with Gasteiger partial charge >= 0.3 is 6.09 Å². The fraction of sp³-hybridized carbons (Fsp3) is 0.222. The number of fused-ring (bicyclic) bond motifs is 1. The number of nitrogens with one attached hydrogen (secondary N) is 1. The number of aromatic nitrogens is 2. The molecule has 0 spiro atoms. The highest BCUT2D eigenvalue weighted by Crippen LogP contribution is 2.32. The summed E-state index contributed by atoms with van der Waals surface area (Å²) in [6, 6.07) is 20.7. The Balaban J connectivity index is 1.32. The smallest absolute Gasteiger partial charge is 0.407 e. The molecule has 0 aliphatic carbocycles. The van der Waals surface area contributed by atoms with E-state index in [4.69, 9.17) is 4.74 Å². The summed E-state index contributed by atoms with van der Waals surface area (Å²) in [6.07, 6.45) is 2.05. The molecular weight excluding hydrogens is 447 g/mol. The molecule has 7 nitrogen and oxygen atoms in total. The molecule has 1 fully saturated rings. The van der Waals surface area contributed by atoms with Crippen molar-refractivity contribution in [1.29, 1.82) is 0 Å².